The molecule has 0 radical (unpaired) electrons. The lowest BCUT2D eigenvalue weighted by atomic mass is 9.96. The Kier molecular flexibility index (Phi) is 7.23. The van der Waals surface area contributed by atoms with Gasteiger partial charge in [0.25, 0.3) is 0 Å². The number of rotatable bonds is 4. The molecule has 0 amide bonds. The molecule has 1 fully saturated rings. The van der Waals surface area contributed by atoms with E-state index in [1.807, 2.05) is 30.3 Å². The molecule has 1 aromatic carbocycles. The van der Waals surface area contributed by atoms with E-state index in [9.17, 15) is 5.11 Å². The van der Waals surface area contributed by atoms with Crippen LogP contribution in [0.5, 0.6) is 0 Å². The molecule has 3 N–H and O–H groups in total. The summed E-state index contributed by atoms with van der Waals surface area (Å²) in [5.74, 6) is 1.53. The summed E-state index contributed by atoms with van der Waals surface area (Å²) in [5, 5.41) is 18.5. The molecule has 156 valence electrons. The topological polar surface area (TPSA) is 72.8 Å². The molecule has 1 saturated heterocycles. The number of benzene rings is 1. The molecule has 0 spiro atoms. The first kappa shape index (κ1) is 22.1. The van der Waals surface area contributed by atoms with Crippen LogP contribution >= 0.6 is 35.6 Å². The number of aromatic nitrogens is 1. The largest absolute Gasteiger partial charge is 0.383 e. The third kappa shape index (κ3) is 4.78. The van der Waals surface area contributed by atoms with Crippen molar-refractivity contribution in [3.63, 3.8) is 0 Å². The first-order valence-electron chi connectivity index (χ1n) is 9.72. The SMILES string of the molecule is CN=C(NCC1(O)CCc2ccccc21)NC1CCN(c2ncccc2Cl)C1.I. The van der Waals surface area contributed by atoms with E-state index in [0.717, 1.165) is 43.7 Å². The Balaban J connectivity index is 0.00000240. The predicted molar refractivity (Wildman–Crippen MR) is 128 cm³/mol. The zero-order valence-electron chi connectivity index (χ0n) is 16.4. The van der Waals surface area contributed by atoms with E-state index in [4.69, 9.17) is 11.6 Å². The van der Waals surface area contributed by atoms with Gasteiger partial charge in [0, 0.05) is 32.4 Å². The van der Waals surface area contributed by atoms with E-state index in [1.165, 1.54) is 5.56 Å². The average molecular weight is 528 g/mol. The summed E-state index contributed by atoms with van der Waals surface area (Å²) in [6.45, 7) is 2.14. The Morgan fingerprint density at radius 3 is 2.97 bits per heavy atom. The minimum Gasteiger partial charge on any atom is -0.383 e. The molecular weight excluding hydrogens is 501 g/mol. The van der Waals surface area contributed by atoms with Crippen LogP contribution in [0, 0.1) is 0 Å². The van der Waals surface area contributed by atoms with Gasteiger partial charge in [-0.25, -0.2) is 4.98 Å². The number of anilines is 1. The maximum Gasteiger partial charge on any atom is 0.191 e. The Bertz CT molecular complexity index is 880. The molecule has 6 nitrogen and oxygen atoms in total. The number of aliphatic imine (C=N–C) groups is 1. The molecule has 2 aliphatic rings. The monoisotopic (exact) mass is 527 g/mol. The average Bonchev–Trinajstić information content (AvgIpc) is 3.31. The van der Waals surface area contributed by atoms with Crippen molar-refractivity contribution in [2.75, 3.05) is 31.6 Å². The number of hydrogen-bond donors (Lipinski definition) is 3. The van der Waals surface area contributed by atoms with Crippen molar-refractivity contribution in [1.29, 1.82) is 0 Å². The molecule has 2 heterocycles. The molecule has 2 atom stereocenters. The van der Waals surface area contributed by atoms with Gasteiger partial charge in [0.05, 0.1) is 11.6 Å². The highest BCUT2D eigenvalue weighted by molar-refractivity contribution is 14.0. The lowest BCUT2D eigenvalue weighted by Gasteiger charge is -2.26. The number of nitrogens with zero attached hydrogens (tertiary/aromatic N) is 3. The van der Waals surface area contributed by atoms with Gasteiger partial charge in [-0.15, -0.1) is 24.0 Å². The van der Waals surface area contributed by atoms with Crippen LogP contribution in [-0.4, -0.2) is 48.8 Å². The van der Waals surface area contributed by atoms with Crippen molar-refractivity contribution >= 4 is 47.4 Å². The molecule has 1 aliphatic carbocycles. The van der Waals surface area contributed by atoms with Gasteiger partial charge in [0.15, 0.2) is 5.96 Å². The number of hydrogen-bond acceptors (Lipinski definition) is 4. The highest BCUT2D eigenvalue weighted by Crippen LogP contribution is 2.36. The fourth-order valence-electron chi connectivity index (χ4n) is 4.15. The highest BCUT2D eigenvalue weighted by Gasteiger charge is 2.36. The van der Waals surface area contributed by atoms with Gasteiger partial charge in [-0.05, 0) is 42.5 Å². The summed E-state index contributed by atoms with van der Waals surface area (Å²) in [7, 11) is 1.75. The molecule has 0 saturated carbocycles. The van der Waals surface area contributed by atoms with Crippen molar-refractivity contribution in [1.82, 2.24) is 15.6 Å². The summed E-state index contributed by atoms with van der Waals surface area (Å²) >= 11 is 6.28. The van der Waals surface area contributed by atoms with Crippen LogP contribution < -0.4 is 15.5 Å². The van der Waals surface area contributed by atoms with Crippen LogP contribution in [0.4, 0.5) is 5.82 Å². The molecule has 4 rings (SSSR count). The van der Waals surface area contributed by atoms with Gasteiger partial charge in [-0.1, -0.05) is 35.9 Å². The van der Waals surface area contributed by atoms with Gasteiger partial charge >= 0.3 is 0 Å². The second-order valence-electron chi connectivity index (χ2n) is 7.50. The number of guanidine groups is 1. The van der Waals surface area contributed by atoms with Crippen molar-refractivity contribution in [2.24, 2.45) is 4.99 Å². The minimum atomic E-state index is -0.850. The van der Waals surface area contributed by atoms with Crippen LogP contribution in [0.15, 0.2) is 47.6 Å². The Hall–Kier alpha value is -1.58. The first-order valence-corrected chi connectivity index (χ1v) is 10.1. The number of nitrogens with one attached hydrogen (secondary N) is 2. The van der Waals surface area contributed by atoms with Gasteiger partial charge < -0.3 is 20.6 Å². The van der Waals surface area contributed by atoms with Crippen LogP contribution in [0.3, 0.4) is 0 Å². The van der Waals surface area contributed by atoms with Crippen molar-refractivity contribution in [2.45, 2.75) is 30.9 Å². The maximum atomic E-state index is 11.1. The third-order valence-corrected chi connectivity index (χ3v) is 5.96. The van der Waals surface area contributed by atoms with Crippen LogP contribution in [0.1, 0.15) is 24.0 Å². The molecule has 2 unspecified atom stereocenters. The lowest BCUT2D eigenvalue weighted by molar-refractivity contribution is 0.0431. The number of pyridine rings is 1. The quantitative estimate of drug-likeness (QED) is 0.324. The van der Waals surface area contributed by atoms with Crippen LogP contribution in [0.2, 0.25) is 5.02 Å². The summed E-state index contributed by atoms with van der Waals surface area (Å²) in [6, 6.07) is 12.1. The van der Waals surface area contributed by atoms with Crippen molar-refractivity contribution < 1.29 is 5.11 Å². The summed E-state index contributed by atoms with van der Waals surface area (Å²) in [5.41, 5.74) is 1.40. The van der Waals surface area contributed by atoms with E-state index < -0.39 is 5.60 Å². The maximum absolute atomic E-state index is 11.1. The van der Waals surface area contributed by atoms with E-state index in [1.54, 1.807) is 13.2 Å². The number of fused-ring (bicyclic) bond motifs is 1. The summed E-state index contributed by atoms with van der Waals surface area (Å²) in [6.07, 6.45) is 4.37. The van der Waals surface area contributed by atoms with E-state index in [0.29, 0.717) is 17.5 Å². The number of halogens is 2. The van der Waals surface area contributed by atoms with Gasteiger partial charge in [-0.3, -0.25) is 4.99 Å². The fourth-order valence-corrected chi connectivity index (χ4v) is 4.39. The van der Waals surface area contributed by atoms with Crippen molar-refractivity contribution in [3.05, 3.63) is 58.7 Å². The highest BCUT2D eigenvalue weighted by atomic mass is 127. The van der Waals surface area contributed by atoms with Gasteiger partial charge in [-0.2, -0.15) is 0 Å². The van der Waals surface area contributed by atoms with Gasteiger partial charge in [0.2, 0.25) is 0 Å². The molecule has 29 heavy (non-hydrogen) atoms. The van der Waals surface area contributed by atoms with Gasteiger partial charge in [0.1, 0.15) is 11.4 Å². The van der Waals surface area contributed by atoms with E-state index >= 15 is 0 Å². The molecule has 8 heteroatoms. The molecule has 2 aromatic rings. The van der Waals surface area contributed by atoms with E-state index in [-0.39, 0.29) is 30.0 Å². The smallest absolute Gasteiger partial charge is 0.191 e. The first-order chi connectivity index (χ1) is 13.6. The predicted octanol–water partition coefficient (Wildman–Crippen LogP) is 2.93. The molecular formula is C21H27ClIN5O. The van der Waals surface area contributed by atoms with E-state index in [2.05, 4.69) is 31.6 Å². The third-order valence-electron chi connectivity index (χ3n) is 5.67. The second kappa shape index (κ2) is 9.49. The minimum absolute atomic E-state index is 0. The van der Waals surface area contributed by atoms with Crippen LogP contribution in [-0.2, 0) is 12.0 Å². The summed E-state index contributed by atoms with van der Waals surface area (Å²) < 4.78 is 0. The molecule has 0 bridgehead atoms. The zero-order valence-corrected chi connectivity index (χ0v) is 19.5. The summed E-state index contributed by atoms with van der Waals surface area (Å²) in [4.78, 5) is 10.9. The number of aliphatic hydroxyl groups is 1. The lowest BCUT2D eigenvalue weighted by Crippen LogP contribution is -2.48. The van der Waals surface area contributed by atoms with Crippen molar-refractivity contribution in [3.8, 4) is 0 Å². The standard InChI is InChI=1S/C21H26ClN5O.HI/c1-23-20(25-14-21(28)10-8-15-5-2-3-6-17(15)21)26-16-9-12-27(13-16)19-18(22)7-4-11-24-19;/h2-7,11,16,28H,8-10,12-14H2,1H3,(H2,23,25,26);1H. The second-order valence-corrected chi connectivity index (χ2v) is 7.91. The Morgan fingerprint density at radius 1 is 1.34 bits per heavy atom. The van der Waals surface area contributed by atoms with Crippen LogP contribution in [0.25, 0.3) is 0 Å². The Labute approximate surface area is 193 Å². The number of aryl methyl sites for hydroxylation is 1. The normalized spacial score (nSPS) is 23.5. The molecule has 1 aromatic heterocycles. The zero-order chi connectivity index (χ0) is 19.6. The Morgan fingerprint density at radius 2 is 2.17 bits per heavy atom. The molecule has 1 aliphatic heterocycles. The fraction of sp³-hybridized carbons (Fsp3) is 0.429.